The van der Waals surface area contributed by atoms with E-state index in [2.05, 4.69) is 115 Å². The summed E-state index contributed by atoms with van der Waals surface area (Å²) < 4.78 is 0. The van der Waals surface area contributed by atoms with Gasteiger partial charge in [0.1, 0.15) is 0 Å². The van der Waals surface area contributed by atoms with Crippen LogP contribution in [-0.4, -0.2) is 49.8 Å². The molecule has 0 saturated carbocycles. The maximum absolute atomic E-state index is 5.47. The number of fused-ring (bicyclic) bond motifs is 14. The van der Waals surface area contributed by atoms with Crippen molar-refractivity contribution in [3.63, 3.8) is 0 Å². The Bertz CT molecular complexity index is 3390. The van der Waals surface area contributed by atoms with E-state index in [1.165, 1.54) is 0 Å². The molecule has 2 aliphatic rings. The molecule has 2 aliphatic heterocycles. The lowest BCUT2D eigenvalue weighted by Gasteiger charge is -2.09. The molecule has 0 spiro atoms. The van der Waals surface area contributed by atoms with Gasteiger partial charge in [-0.15, -0.1) is 0 Å². The average molecular weight is 695 g/mol. The van der Waals surface area contributed by atoms with E-state index in [0.717, 1.165) is 145 Å². The topological polar surface area (TPSA) is 146 Å². The number of aromatic nitrogens is 10. The molecule has 10 nitrogen and oxygen atoms in total. The molecule has 16 bridgehead atoms. The Morgan fingerprint density at radius 2 is 0.759 bits per heavy atom. The standard InChI is InChI=1S/C44H26N10/c1-3-21-7-11-29-35-31-13-24-16-34-42(48-24)26(18-46-34)28-10-6-20-2-4-22-8-12-30(52-40(22)38(20)50-28)36-32(54-43(35)44(36)53-31)14-23-15-33-41(47-23)25(17-45-33)27-9-5-19(1)37(49-27)39(21)51-29/h1-12,15-18,45-48,53-54H,13-14H2. The normalized spacial score (nSPS) is 13.4. The maximum Gasteiger partial charge on any atom is 0.0972 e. The first-order valence-electron chi connectivity index (χ1n) is 18.2. The van der Waals surface area contributed by atoms with Gasteiger partial charge in [-0.3, -0.25) is 0 Å². The number of pyridine rings is 4. The molecule has 252 valence electrons. The number of rotatable bonds is 0. The van der Waals surface area contributed by atoms with Gasteiger partial charge in [0.05, 0.1) is 77.9 Å². The first-order valence-corrected chi connectivity index (χ1v) is 18.2. The molecule has 0 amide bonds. The van der Waals surface area contributed by atoms with Gasteiger partial charge in [0, 0.05) is 91.8 Å². The fourth-order valence-corrected chi connectivity index (χ4v) is 9.27. The van der Waals surface area contributed by atoms with Crippen LogP contribution in [0.15, 0.2) is 97.3 Å². The van der Waals surface area contributed by atoms with Gasteiger partial charge in [0.15, 0.2) is 0 Å². The highest BCUT2D eigenvalue weighted by Gasteiger charge is 2.26. The van der Waals surface area contributed by atoms with Crippen LogP contribution in [0.3, 0.4) is 0 Å². The summed E-state index contributed by atoms with van der Waals surface area (Å²) >= 11 is 0. The highest BCUT2D eigenvalue weighted by molar-refractivity contribution is 6.10. The van der Waals surface area contributed by atoms with E-state index < -0.39 is 0 Å². The molecule has 0 saturated heterocycles. The van der Waals surface area contributed by atoms with Crippen LogP contribution in [0.4, 0.5) is 0 Å². The molecule has 54 heavy (non-hydrogen) atoms. The Morgan fingerprint density at radius 3 is 1.19 bits per heavy atom. The minimum atomic E-state index is 0.633. The zero-order chi connectivity index (χ0) is 34.8. The predicted molar refractivity (Wildman–Crippen MR) is 214 cm³/mol. The molecule has 10 heteroatoms. The lowest BCUT2D eigenvalue weighted by Crippen LogP contribution is -1.97. The van der Waals surface area contributed by atoms with E-state index in [9.17, 15) is 0 Å². The number of nitrogens with one attached hydrogen (secondary N) is 6. The number of hydrogen-bond acceptors (Lipinski definition) is 4. The zero-order valence-electron chi connectivity index (χ0n) is 28.4. The number of nitrogens with zero attached hydrogens (tertiary/aromatic N) is 4. The Morgan fingerprint density at radius 1 is 0.389 bits per heavy atom. The van der Waals surface area contributed by atoms with E-state index >= 15 is 0 Å². The SMILES string of the molecule is c1cc2ccc3ccc4nc3c2nc1-c1c[nH]c2cc([nH]c12)Cc1[nH]c2c-4c3[nH]c2c1-c1ccc2ccc4ccc(nc4c2n1)-c1c[nH]c2cc([nH]c12)C3. The number of benzene rings is 2. The van der Waals surface area contributed by atoms with Crippen molar-refractivity contribution >= 4 is 76.7 Å². The van der Waals surface area contributed by atoms with E-state index in [1.807, 2.05) is 12.4 Å². The van der Waals surface area contributed by atoms with Crippen LogP contribution < -0.4 is 0 Å². The summed E-state index contributed by atoms with van der Waals surface area (Å²) in [5.41, 5.74) is 21.7. The van der Waals surface area contributed by atoms with E-state index in [0.29, 0.717) is 12.8 Å². The van der Waals surface area contributed by atoms with Gasteiger partial charge in [-0.1, -0.05) is 48.5 Å². The second-order valence-electron chi connectivity index (χ2n) is 14.8. The Balaban J connectivity index is 1.15. The van der Waals surface area contributed by atoms with Crippen LogP contribution in [-0.2, 0) is 12.8 Å². The van der Waals surface area contributed by atoms with Crippen molar-refractivity contribution in [2.45, 2.75) is 12.8 Å². The smallest absolute Gasteiger partial charge is 0.0972 e. The van der Waals surface area contributed by atoms with Crippen LogP contribution in [0.25, 0.3) is 122 Å². The third-order valence-electron chi connectivity index (χ3n) is 11.8. The molecule has 0 unspecified atom stereocenters. The predicted octanol–water partition coefficient (Wildman–Crippen LogP) is 9.78. The number of hydrogen-bond donors (Lipinski definition) is 6. The fourth-order valence-electron chi connectivity index (χ4n) is 9.27. The van der Waals surface area contributed by atoms with Gasteiger partial charge in [-0.25, -0.2) is 19.9 Å². The lowest BCUT2D eigenvalue weighted by atomic mass is 10.0. The number of H-pyrrole nitrogens is 6. The van der Waals surface area contributed by atoms with Crippen LogP contribution in [0.1, 0.15) is 22.8 Å². The second kappa shape index (κ2) is 9.30. The minimum Gasteiger partial charge on any atom is -0.359 e. The third-order valence-corrected chi connectivity index (χ3v) is 11.8. The van der Waals surface area contributed by atoms with Crippen LogP contribution >= 0.6 is 0 Å². The van der Waals surface area contributed by atoms with E-state index in [4.69, 9.17) is 19.9 Å². The molecule has 2 aromatic carbocycles. The lowest BCUT2D eigenvalue weighted by molar-refractivity contribution is 1.05. The average Bonchev–Trinajstić information content (AvgIpc) is 4.04. The molecular formula is C44H26N10. The van der Waals surface area contributed by atoms with Crippen LogP contribution in [0.2, 0.25) is 0 Å². The van der Waals surface area contributed by atoms with Gasteiger partial charge in [0.2, 0.25) is 0 Å². The molecule has 12 heterocycles. The monoisotopic (exact) mass is 694 g/mol. The highest BCUT2D eigenvalue weighted by Crippen LogP contribution is 2.43. The van der Waals surface area contributed by atoms with Crippen molar-refractivity contribution in [1.29, 1.82) is 0 Å². The maximum atomic E-state index is 5.47. The summed E-state index contributed by atoms with van der Waals surface area (Å²) in [6, 6.07) is 30.1. The van der Waals surface area contributed by atoms with Gasteiger partial charge < -0.3 is 29.9 Å². The summed E-state index contributed by atoms with van der Waals surface area (Å²) in [7, 11) is 0. The van der Waals surface area contributed by atoms with Crippen molar-refractivity contribution in [2.24, 2.45) is 0 Å². The fraction of sp³-hybridized carbons (Fsp3) is 0.0455. The summed E-state index contributed by atoms with van der Waals surface area (Å²) in [6.07, 6.45) is 5.36. The van der Waals surface area contributed by atoms with Crippen molar-refractivity contribution < 1.29 is 0 Å². The summed E-state index contributed by atoms with van der Waals surface area (Å²) in [5.74, 6) is 0. The molecule has 14 rings (SSSR count). The second-order valence-corrected chi connectivity index (χ2v) is 14.8. The van der Waals surface area contributed by atoms with Crippen molar-refractivity contribution in [1.82, 2.24) is 49.8 Å². The largest absolute Gasteiger partial charge is 0.359 e. The van der Waals surface area contributed by atoms with Crippen molar-refractivity contribution in [2.75, 3.05) is 0 Å². The Labute approximate surface area is 303 Å². The van der Waals surface area contributed by atoms with Crippen LogP contribution in [0.5, 0.6) is 0 Å². The molecular weight excluding hydrogens is 669 g/mol. The van der Waals surface area contributed by atoms with Gasteiger partial charge in [-0.2, -0.15) is 0 Å². The molecule has 12 aromatic rings. The number of aromatic amines is 6. The summed E-state index contributed by atoms with van der Waals surface area (Å²) in [6.45, 7) is 0. The van der Waals surface area contributed by atoms with E-state index in [-0.39, 0.29) is 0 Å². The Hall–Kier alpha value is -7.46. The Kier molecular flexibility index (Phi) is 4.69. The van der Waals surface area contributed by atoms with E-state index in [1.54, 1.807) is 0 Å². The molecule has 10 aromatic heterocycles. The van der Waals surface area contributed by atoms with Gasteiger partial charge >= 0.3 is 0 Å². The first kappa shape index (κ1) is 27.2. The minimum absolute atomic E-state index is 0.633. The van der Waals surface area contributed by atoms with Gasteiger partial charge in [-0.05, 0) is 36.4 Å². The molecule has 0 aliphatic carbocycles. The third kappa shape index (κ3) is 3.45. The quantitative estimate of drug-likeness (QED) is 0.0878. The first-order chi connectivity index (χ1) is 26.7. The zero-order valence-corrected chi connectivity index (χ0v) is 28.4. The molecule has 0 fully saturated rings. The van der Waals surface area contributed by atoms with Gasteiger partial charge in [0.25, 0.3) is 0 Å². The van der Waals surface area contributed by atoms with Crippen molar-refractivity contribution in [3.8, 4) is 45.0 Å². The van der Waals surface area contributed by atoms with Crippen LogP contribution in [0, 0.1) is 0 Å². The molecule has 6 N–H and O–H groups in total. The molecule has 0 atom stereocenters. The van der Waals surface area contributed by atoms with Crippen molar-refractivity contribution in [3.05, 3.63) is 120 Å². The summed E-state index contributed by atoms with van der Waals surface area (Å²) in [5, 5.41) is 4.20. The highest BCUT2D eigenvalue weighted by atomic mass is 14.9. The summed E-state index contributed by atoms with van der Waals surface area (Å²) in [4.78, 5) is 43.9. The molecule has 0 radical (unpaired) electrons.